The van der Waals surface area contributed by atoms with Crippen LogP contribution in [0, 0.1) is 5.41 Å². The van der Waals surface area contributed by atoms with Gasteiger partial charge in [-0.05, 0) is 0 Å². The van der Waals surface area contributed by atoms with E-state index < -0.39 is 20.6 Å². The van der Waals surface area contributed by atoms with Gasteiger partial charge in [-0.25, -0.2) is 4.98 Å². The van der Waals surface area contributed by atoms with Crippen LogP contribution in [-0.2, 0) is 26.4 Å². The maximum Gasteiger partial charge on any atom is 0.394 e. The summed E-state index contributed by atoms with van der Waals surface area (Å²) in [6, 6.07) is 0. The zero-order valence-electron chi connectivity index (χ0n) is 14.8. The zero-order valence-corrected chi connectivity index (χ0v) is 18.1. The van der Waals surface area contributed by atoms with Crippen molar-refractivity contribution in [2.24, 2.45) is 20.3 Å². The van der Waals surface area contributed by atoms with Gasteiger partial charge in [0.2, 0.25) is 11.9 Å². The lowest BCUT2D eigenvalue weighted by atomic mass is 10.6. The van der Waals surface area contributed by atoms with Gasteiger partial charge in [-0.2, -0.15) is 28.6 Å². The molecular weight excluding hydrogens is 470 g/mol. The maximum atomic E-state index is 11.4. The number of anilines is 1. The van der Waals surface area contributed by atoms with Gasteiger partial charge in [0, 0.05) is 30.5 Å². The molecule has 0 unspecified atom stereocenters. The summed E-state index contributed by atoms with van der Waals surface area (Å²) < 4.78 is 61.2. The molecule has 1 aromatic rings. The van der Waals surface area contributed by atoms with E-state index in [1.807, 2.05) is 5.38 Å². The van der Waals surface area contributed by atoms with Crippen molar-refractivity contribution in [3.05, 3.63) is 11.1 Å². The fourth-order valence-electron chi connectivity index (χ4n) is 1.59. The average molecular weight is 490 g/mol. The monoisotopic (exact) mass is 489 g/mol. The van der Waals surface area contributed by atoms with Crippen molar-refractivity contribution in [2.45, 2.75) is 5.75 Å². The van der Waals surface area contributed by atoms with Crippen LogP contribution < -0.4 is 22.1 Å². The standard InChI is InChI=1S/C10H17N9O2S3.H2O4S/c1-19-8(13)17-24(20,21)18-9(19)14-2-3-22-4-6-5-23-10(15-6)16-7(11)12;1-5(2,3)4/h5H,2-4H2,1H3,(H2,13,17)(H,14,18)(H4,11,12,15,16);(H2,1,2,3,4). The zero-order chi connectivity index (χ0) is 22.2. The lowest BCUT2D eigenvalue weighted by Crippen LogP contribution is -2.49. The highest BCUT2D eigenvalue weighted by molar-refractivity contribution is 7.98. The fraction of sp³-hybridized carbons (Fsp3) is 0.400. The molecule has 0 atom stereocenters. The van der Waals surface area contributed by atoms with E-state index in [1.54, 1.807) is 18.8 Å². The highest BCUT2D eigenvalue weighted by Gasteiger charge is 2.22. The Morgan fingerprint density at radius 3 is 2.62 bits per heavy atom. The van der Waals surface area contributed by atoms with E-state index in [2.05, 4.69) is 24.4 Å². The lowest BCUT2D eigenvalue weighted by molar-refractivity contribution is 0.381. The molecule has 164 valence electrons. The van der Waals surface area contributed by atoms with E-state index in [1.165, 1.54) is 16.2 Å². The van der Waals surface area contributed by atoms with Crippen molar-refractivity contribution in [1.29, 1.82) is 5.41 Å². The first-order valence-electron chi connectivity index (χ1n) is 7.28. The van der Waals surface area contributed by atoms with E-state index in [0.717, 1.165) is 5.69 Å². The van der Waals surface area contributed by atoms with Gasteiger partial charge in [0.1, 0.15) is 0 Å². The van der Waals surface area contributed by atoms with Gasteiger partial charge >= 0.3 is 20.6 Å². The normalized spacial score (nSPS) is 15.5. The minimum atomic E-state index is -4.67. The molecule has 0 amide bonds. The Hall–Kier alpha value is -2.19. The number of hydrogen-bond donors (Lipinski definition) is 7. The molecule has 0 spiro atoms. The van der Waals surface area contributed by atoms with E-state index in [0.29, 0.717) is 23.2 Å². The third-order valence-electron chi connectivity index (χ3n) is 2.64. The molecular formula is C10H19N9O6S4. The molecule has 15 nitrogen and oxygen atoms in total. The van der Waals surface area contributed by atoms with Crippen molar-refractivity contribution in [3.63, 3.8) is 0 Å². The topological polar surface area (TPSA) is 250 Å². The van der Waals surface area contributed by atoms with Crippen LogP contribution >= 0.6 is 23.1 Å². The Labute approximate surface area is 175 Å². The first-order chi connectivity index (χ1) is 13.3. The second-order valence-corrected chi connectivity index (χ2v) is 9.10. The Morgan fingerprint density at radius 2 is 2.03 bits per heavy atom. The Kier molecular flexibility index (Phi) is 9.04. The van der Waals surface area contributed by atoms with Crippen LogP contribution in [0.25, 0.3) is 0 Å². The van der Waals surface area contributed by atoms with Crippen LogP contribution in [0.2, 0.25) is 0 Å². The van der Waals surface area contributed by atoms with E-state index in [-0.39, 0.29) is 17.9 Å². The van der Waals surface area contributed by atoms with Gasteiger partial charge in [0.05, 0.1) is 5.69 Å². The summed E-state index contributed by atoms with van der Waals surface area (Å²) in [5, 5.41) is 15.1. The van der Waals surface area contributed by atoms with Crippen LogP contribution in [0.5, 0.6) is 0 Å². The highest BCUT2D eigenvalue weighted by Crippen LogP contribution is 2.19. The predicted octanol–water partition coefficient (Wildman–Crippen LogP) is -1.52. The molecule has 0 saturated heterocycles. The number of guanidine groups is 3. The number of nitrogens with two attached hydrogens (primary N) is 2. The number of rotatable bonds is 6. The Balaban J connectivity index is 0.000000749. The molecule has 29 heavy (non-hydrogen) atoms. The van der Waals surface area contributed by atoms with Crippen LogP contribution in [0.3, 0.4) is 0 Å². The summed E-state index contributed by atoms with van der Waals surface area (Å²) in [6.07, 6.45) is 0. The number of thiazole rings is 1. The largest absolute Gasteiger partial charge is 0.394 e. The number of nitrogens with one attached hydrogen (secondary N) is 3. The molecule has 0 saturated carbocycles. The van der Waals surface area contributed by atoms with Crippen molar-refractivity contribution in [3.8, 4) is 0 Å². The molecule has 0 bridgehead atoms. The van der Waals surface area contributed by atoms with Crippen LogP contribution in [0.15, 0.2) is 14.2 Å². The average Bonchev–Trinajstić information content (AvgIpc) is 2.96. The van der Waals surface area contributed by atoms with E-state index >= 15 is 0 Å². The third-order valence-corrected chi connectivity index (χ3v) is 5.27. The second kappa shape index (κ2) is 10.5. The van der Waals surface area contributed by atoms with Gasteiger partial charge in [0.15, 0.2) is 11.1 Å². The first-order valence-corrected chi connectivity index (χ1v) is 12.1. The molecule has 2 heterocycles. The summed E-state index contributed by atoms with van der Waals surface area (Å²) in [6.45, 7) is 0.499. The smallest absolute Gasteiger partial charge is 0.370 e. The molecule has 0 aliphatic carbocycles. The van der Waals surface area contributed by atoms with Gasteiger partial charge in [0.25, 0.3) is 0 Å². The summed E-state index contributed by atoms with van der Waals surface area (Å²) in [5.74, 6) is 1.25. The molecule has 19 heteroatoms. The minimum Gasteiger partial charge on any atom is -0.370 e. The van der Waals surface area contributed by atoms with Gasteiger partial charge in [-0.1, -0.05) is 0 Å². The second-order valence-electron chi connectivity index (χ2n) is 4.98. The molecule has 0 radical (unpaired) electrons. The molecule has 1 aromatic heterocycles. The molecule has 1 aliphatic rings. The summed E-state index contributed by atoms with van der Waals surface area (Å²) >= 11 is 2.99. The number of aromatic nitrogens is 1. The van der Waals surface area contributed by atoms with Crippen LogP contribution in [0.1, 0.15) is 5.69 Å². The predicted molar refractivity (Wildman–Crippen MR) is 112 cm³/mol. The number of nitrogens with zero attached hydrogens (tertiary/aromatic N) is 4. The third kappa shape index (κ3) is 10.8. The van der Waals surface area contributed by atoms with Gasteiger partial charge in [-0.15, -0.1) is 20.1 Å². The van der Waals surface area contributed by atoms with Crippen molar-refractivity contribution >= 4 is 66.7 Å². The van der Waals surface area contributed by atoms with Crippen molar-refractivity contribution in [1.82, 2.24) is 15.2 Å². The van der Waals surface area contributed by atoms with E-state index in [9.17, 15) is 8.42 Å². The summed E-state index contributed by atoms with van der Waals surface area (Å²) in [5.41, 5.74) is 11.6. The molecule has 0 fully saturated rings. The summed E-state index contributed by atoms with van der Waals surface area (Å²) in [7, 11) is -7.00. The Morgan fingerprint density at radius 1 is 1.41 bits per heavy atom. The van der Waals surface area contributed by atoms with Crippen molar-refractivity contribution < 1.29 is 25.9 Å². The fourth-order valence-corrected chi connectivity index (χ4v) is 3.97. The first kappa shape index (κ1) is 24.8. The maximum absolute atomic E-state index is 11.4. The van der Waals surface area contributed by atoms with Crippen molar-refractivity contribution in [2.75, 3.05) is 24.7 Å². The molecule has 2 rings (SSSR count). The summed E-state index contributed by atoms with van der Waals surface area (Å²) in [4.78, 5) is 5.65. The Bertz CT molecular complexity index is 979. The van der Waals surface area contributed by atoms with Gasteiger partial charge < -0.3 is 22.1 Å². The van der Waals surface area contributed by atoms with Crippen LogP contribution in [-0.4, -0.2) is 73.0 Å². The minimum absolute atomic E-state index is 0.131. The van der Waals surface area contributed by atoms with E-state index in [4.69, 9.17) is 34.4 Å². The number of hydrogen-bond acceptors (Lipinski definition) is 11. The SMILES string of the molecule is CN1C(N)=NS(=O)(=O)N=C1NCCSCc1csc(NC(=N)N)n1.O=S(=O)(O)O. The highest BCUT2D eigenvalue weighted by atomic mass is 32.3. The van der Waals surface area contributed by atoms with Gasteiger partial charge in [-0.3, -0.25) is 19.4 Å². The molecule has 0 aromatic carbocycles. The number of thioether (sulfide) groups is 1. The molecule has 1 aliphatic heterocycles. The lowest BCUT2D eigenvalue weighted by Gasteiger charge is -2.23. The molecule has 9 N–H and O–H groups in total. The van der Waals surface area contributed by atoms with Crippen LogP contribution in [0.4, 0.5) is 5.13 Å². The quantitative estimate of drug-likeness (QED) is 0.104.